The van der Waals surface area contributed by atoms with Crippen molar-refractivity contribution in [2.45, 2.75) is 6.92 Å². The second kappa shape index (κ2) is 6.56. The van der Waals surface area contributed by atoms with Crippen LogP contribution in [0, 0.1) is 0 Å². The highest BCUT2D eigenvalue weighted by Crippen LogP contribution is 2.05. The molecule has 0 bridgehead atoms. The van der Waals surface area contributed by atoms with E-state index in [2.05, 4.69) is 13.3 Å². The van der Waals surface area contributed by atoms with E-state index in [1.165, 1.54) is 0 Å². The van der Waals surface area contributed by atoms with Crippen molar-refractivity contribution in [3.8, 4) is 0 Å². The molecule has 0 atom stereocenters. The maximum Gasteiger partial charge on any atom is 0.366 e. The second-order valence-electron chi connectivity index (χ2n) is 1.72. The topological polar surface area (TPSA) is 61.8 Å². The summed E-state index contributed by atoms with van der Waals surface area (Å²) in [5.41, 5.74) is -0.521. The van der Waals surface area contributed by atoms with Crippen LogP contribution in [0.2, 0.25) is 0 Å². The van der Waals surface area contributed by atoms with Crippen LogP contribution in [0.5, 0.6) is 0 Å². The van der Waals surface area contributed by atoms with E-state index in [9.17, 15) is 9.59 Å². The predicted octanol–water partition coefficient (Wildman–Crippen LogP) is 1.30. The Morgan fingerprint density at radius 1 is 1.23 bits per heavy atom. The van der Waals surface area contributed by atoms with Crippen LogP contribution in [0.4, 0.5) is 0 Å². The zero-order chi connectivity index (χ0) is 10.3. The monoisotopic (exact) mass is 228 g/mol. The quantitative estimate of drug-likeness (QED) is 0.314. The summed E-state index contributed by atoms with van der Waals surface area (Å²) in [4.78, 5) is 21.5. The number of halogens is 2. The molecular formula is C6H6Cl2O5. The molecule has 0 aromatic heterocycles. The average Bonchev–Trinajstić information content (AvgIpc) is 2.17. The van der Waals surface area contributed by atoms with E-state index in [0.29, 0.717) is 0 Å². The molecular weight excluding hydrogens is 223 g/mol. The van der Waals surface area contributed by atoms with Crippen LogP contribution in [0.3, 0.4) is 0 Å². The molecule has 5 nitrogen and oxygen atoms in total. The van der Waals surface area contributed by atoms with Crippen LogP contribution < -0.4 is 0 Å². The summed E-state index contributed by atoms with van der Waals surface area (Å²) in [6, 6.07) is 0. The zero-order valence-electron chi connectivity index (χ0n) is 6.58. The molecule has 0 amide bonds. The molecule has 0 aliphatic heterocycles. The maximum absolute atomic E-state index is 10.8. The van der Waals surface area contributed by atoms with Gasteiger partial charge in [0.05, 0.1) is 6.61 Å². The lowest BCUT2D eigenvalue weighted by Crippen LogP contribution is -2.13. The summed E-state index contributed by atoms with van der Waals surface area (Å²) in [6.07, 6.45) is 0.857. The Morgan fingerprint density at radius 3 is 2.00 bits per heavy atom. The fourth-order valence-electron chi connectivity index (χ4n) is 0.429. The van der Waals surface area contributed by atoms with Gasteiger partial charge in [-0.1, -0.05) is 0 Å². The maximum atomic E-state index is 10.8. The summed E-state index contributed by atoms with van der Waals surface area (Å²) < 4.78 is 12.2. The van der Waals surface area contributed by atoms with Crippen molar-refractivity contribution in [2.24, 2.45) is 0 Å². The van der Waals surface area contributed by atoms with Crippen molar-refractivity contribution in [3.05, 3.63) is 11.8 Å². The van der Waals surface area contributed by atoms with E-state index in [1.807, 2.05) is 0 Å². The largest absolute Gasteiger partial charge is 0.500 e. The molecule has 0 radical (unpaired) electrons. The van der Waals surface area contributed by atoms with Crippen molar-refractivity contribution >= 4 is 35.7 Å². The van der Waals surface area contributed by atoms with E-state index in [1.54, 1.807) is 6.92 Å². The summed E-state index contributed by atoms with van der Waals surface area (Å²) in [7, 11) is 0. The third-order valence-electron chi connectivity index (χ3n) is 0.948. The minimum Gasteiger partial charge on any atom is -0.500 e. The van der Waals surface area contributed by atoms with Gasteiger partial charge in [-0.25, -0.2) is 9.59 Å². The van der Waals surface area contributed by atoms with Gasteiger partial charge in [0, 0.05) is 0 Å². The van der Waals surface area contributed by atoms with E-state index in [4.69, 9.17) is 23.7 Å². The SMILES string of the molecule is CCOC=C(C(=O)OCl)C(=O)OCl. The van der Waals surface area contributed by atoms with Gasteiger partial charge < -0.3 is 13.3 Å². The molecule has 0 heterocycles. The van der Waals surface area contributed by atoms with Gasteiger partial charge in [-0.15, -0.1) is 0 Å². The highest BCUT2D eigenvalue weighted by Gasteiger charge is 2.22. The first-order valence-electron chi connectivity index (χ1n) is 3.15. The molecule has 0 fully saturated rings. The van der Waals surface area contributed by atoms with Crippen molar-refractivity contribution in [3.63, 3.8) is 0 Å². The molecule has 13 heavy (non-hydrogen) atoms. The summed E-state index contributed by atoms with van der Waals surface area (Å²) in [5.74, 6) is -2.19. The molecule has 0 aliphatic carbocycles. The van der Waals surface area contributed by atoms with Crippen molar-refractivity contribution < 1.29 is 22.9 Å². The second-order valence-corrected chi connectivity index (χ2v) is 2.02. The van der Waals surface area contributed by atoms with E-state index in [0.717, 1.165) is 6.26 Å². The third-order valence-corrected chi connectivity index (χ3v) is 1.23. The Hall–Kier alpha value is -0.940. The minimum absolute atomic E-state index is 0.272. The first kappa shape index (κ1) is 12.1. The van der Waals surface area contributed by atoms with Crippen LogP contribution in [-0.2, 0) is 22.9 Å². The molecule has 0 saturated heterocycles. The zero-order valence-corrected chi connectivity index (χ0v) is 8.09. The van der Waals surface area contributed by atoms with Crippen molar-refractivity contribution in [2.75, 3.05) is 6.61 Å². The molecule has 0 N–H and O–H groups in total. The van der Waals surface area contributed by atoms with Gasteiger partial charge >= 0.3 is 11.9 Å². The van der Waals surface area contributed by atoms with Crippen LogP contribution in [-0.4, -0.2) is 18.5 Å². The van der Waals surface area contributed by atoms with Crippen LogP contribution in [0.25, 0.3) is 0 Å². The van der Waals surface area contributed by atoms with Gasteiger partial charge in [0.2, 0.25) is 0 Å². The van der Waals surface area contributed by atoms with Gasteiger partial charge in [0.15, 0.2) is 5.57 Å². The molecule has 0 rings (SSSR count). The average molecular weight is 229 g/mol. The molecule has 0 unspecified atom stereocenters. The Balaban J connectivity index is 4.54. The Bertz CT molecular complexity index is 207. The van der Waals surface area contributed by atoms with E-state index < -0.39 is 17.5 Å². The molecule has 74 valence electrons. The molecule has 7 heteroatoms. The fraction of sp³-hybridized carbons (Fsp3) is 0.333. The highest BCUT2D eigenvalue weighted by atomic mass is 35.5. The lowest BCUT2D eigenvalue weighted by Gasteiger charge is -1.99. The standard InChI is InChI=1S/C6H6Cl2O5/c1-2-11-3-4(5(9)12-7)6(10)13-8/h3H,2H2,1H3. The summed E-state index contributed by atoms with van der Waals surface area (Å²) in [5, 5.41) is 0. The smallest absolute Gasteiger partial charge is 0.366 e. The first-order chi connectivity index (χ1) is 6.17. The molecule has 0 saturated carbocycles. The molecule has 0 spiro atoms. The fourth-order valence-corrected chi connectivity index (χ4v) is 0.596. The van der Waals surface area contributed by atoms with Crippen LogP contribution in [0.1, 0.15) is 6.92 Å². The summed E-state index contributed by atoms with van der Waals surface area (Å²) in [6.45, 7) is 1.93. The minimum atomic E-state index is -1.10. The van der Waals surface area contributed by atoms with Crippen molar-refractivity contribution in [1.82, 2.24) is 0 Å². The van der Waals surface area contributed by atoms with Crippen LogP contribution in [0.15, 0.2) is 11.8 Å². The number of hydrogen-bond donors (Lipinski definition) is 0. The summed E-state index contributed by atoms with van der Waals surface area (Å²) >= 11 is 9.46. The Labute approximate surface area is 84.5 Å². The van der Waals surface area contributed by atoms with Crippen LogP contribution >= 0.6 is 23.7 Å². The number of ether oxygens (including phenoxy) is 1. The predicted molar refractivity (Wildman–Crippen MR) is 43.6 cm³/mol. The highest BCUT2D eigenvalue weighted by molar-refractivity contribution is 6.26. The van der Waals surface area contributed by atoms with Gasteiger partial charge in [0.1, 0.15) is 30.0 Å². The van der Waals surface area contributed by atoms with Gasteiger partial charge in [-0.2, -0.15) is 0 Å². The number of carbonyl (C=O) groups excluding carboxylic acids is 2. The lowest BCUT2D eigenvalue weighted by molar-refractivity contribution is -0.137. The van der Waals surface area contributed by atoms with E-state index in [-0.39, 0.29) is 6.61 Å². The molecule has 0 aromatic carbocycles. The number of hydrogen-bond acceptors (Lipinski definition) is 5. The van der Waals surface area contributed by atoms with Gasteiger partial charge in [-0.05, 0) is 6.92 Å². The molecule has 0 aromatic rings. The Kier molecular flexibility index (Phi) is 6.09. The van der Waals surface area contributed by atoms with Gasteiger partial charge in [-0.3, -0.25) is 0 Å². The van der Waals surface area contributed by atoms with E-state index >= 15 is 0 Å². The first-order valence-corrected chi connectivity index (χ1v) is 3.76. The number of rotatable bonds is 4. The Morgan fingerprint density at radius 2 is 1.69 bits per heavy atom. The van der Waals surface area contributed by atoms with Crippen molar-refractivity contribution in [1.29, 1.82) is 0 Å². The number of carbonyl (C=O) groups is 2. The van der Waals surface area contributed by atoms with Gasteiger partial charge in [0.25, 0.3) is 0 Å². The molecule has 0 aliphatic rings. The third kappa shape index (κ3) is 4.00. The lowest BCUT2D eigenvalue weighted by atomic mass is 10.3. The normalized spacial score (nSPS) is 8.54.